The number of aryl methyl sites for hydroxylation is 1. The Morgan fingerprint density at radius 3 is 2.45 bits per heavy atom. The number of carbonyl (C=O) groups is 2. The van der Waals surface area contributed by atoms with Crippen LogP contribution in [0.2, 0.25) is 10.0 Å². The first-order valence-electron chi connectivity index (χ1n) is 9.05. The number of aromatic nitrogens is 1. The Morgan fingerprint density at radius 1 is 1.10 bits per heavy atom. The molecule has 1 saturated heterocycles. The third kappa shape index (κ3) is 3.39. The number of likely N-dealkylation sites (N-methyl/N-ethyl adjacent to an activating group) is 1. The topological polar surface area (TPSA) is 65.5 Å². The maximum atomic E-state index is 12.8. The quantitative estimate of drug-likeness (QED) is 0.639. The second-order valence-corrected chi connectivity index (χ2v) is 7.71. The number of carbonyl (C=O) groups excluding carboxylic acids is 2. The zero-order valence-electron chi connectivity index (χ0n) is 15.9. The van der Waals surface area contributed by atoms with E-state index in [0.29, 0.717) is 24.3 Å². The van der Waals surface area contributed by atoms with Gasteiger partial charge in [0.1, 0.15) is 0 Å². The molecule has 3 aromatic rings. The molecule has 2 heterocycles. The third-order valence-corrected chi connectivity index (χ3v) is 5.61. The van der Waals surface area contributed by atoms with Crippen LogP contribution >= 0.6 is 23.2 Å². The van der Waals surface area contributed by atoms with Gasteiger partial charge in [0.25, 0.3) is 5.91 Å². The first-order chi connectivity index (χ1) is 13.9. The lowest BCUT2D eigenvalue weighted by molar-refractivity contribution is 0.102. The fraction of sp³-hybridized carbons (Fsp3) is 0.190. The number of nitrogens with zero attached hydrogens (tertiary/aromatic N) is 3. The van der Waals surface area contributed by atoms with Crippen molar-refractivity contribution in [2.45, 2.75) is 6.92 Å². The number of benzene rings is 2. The predicted octanol–water partition coefficient (Wildman–Crippen LogP) is 4.97. The van der Waals surface area contributed by atoms with Crippen molar-refractivity contribution in [1.82, 2.24) is 9.88 Å². The summed E-state index contributed by atoms with van der Waals surface area (Å²) in [5.74, 6) is -0.422. The molecule has 1 fully saturated rings. The van der Waals surface area contributed by atoms with E-state index in [2.05, 4.69) is 10.3 Å². The molecular weight excluding hydrogens is 411 g/mol. The maximum Gasteiger partial charge on any atom is 0.324 e. The third-order valence-electron chi connectivity index (χ3n) is 4.98. The van der Waals surface area contributed by atoms with Gasteiger partial charge in [-0.2, -0.15) is 0 Å². The molecule has 2 aromatic carbocycles. The van der Waals surface area contributed by atoms with E-state index in [1.807, 2.05) is 19.1 Å². The Kier molecular flexibility index (Phi) is 5.06. The Morgan fingerprint density at radius 2 is 1.79 bits per heavy atom. The van der Waals surface area contributed by atoms with Crippen LogP contribution in [-0.2, 0) is 0 Å². The Bertz CT molecular complexity index is 1130. The molecule has 3 amide bonds. The van der Waals surface area contributed by atoms with Crippen molar-refractivity contribution in [3.63, 3.8) is 0 Å². The van der Waals surface area contributed by atoms with Crippen LogP contribution in [0.3, 0.4) is 0 Å². The first-order valence-corrected chi connectivity index (χ1v) is 9.80. The van der Waals surface area contributed by atoms with Gasteiger partial charge in [0, 0.05) is 31.7 Å². The van der Waals surface area contributed by atoms with Crippen LogP contribution in [0.4, 0.5) is 16.2 Å². The van der Waals surface area contributed by atoms with Crippen molar-refractivity contribution in [2.24, 2.45) is 0 Å². The zero-order valence-corrected chi connectivity index (χ0v) is 17.4. The lowest BCUT2D eigenvalue weighted by Gasteiger charge is -2.21. The number of halogens is 2. The molecule has 0 saturated carbocycles. The number of rotatable bonds is 3. The number of pyridine rings is 1. The summed E-state index contributed by atoms with van der Waals surface area (Å²) in [6.07, 6.45) is 1.71. The Labute approximate surface area is 178 Å². The van der Waals surface area contributed by atoms with Gasteiger partial charge in [-0.15, -0.1) is 0 Å². The highest BCUT2D eigenvalue weighted by molar-refractivity contribution is 6.40. The minimum absolute atomic E-state index is 0.0575. The SMILES string of the molecule is Cc1cnc2c(NC(=O)c3c(Cl)cccc3Cl)cccc2c1N1CCN(C)C1=O. The van der Waals surface area contributed by atoms with E-state index in [0.717, 1.165) is 16.6 Å². The van der Waals surface area contributed by atoms with Crippen LogP contribution in [0.25, 0.3) is 10.9 Å². The monoisotopic (exact) mass is 428 g/mol. The van der Waals surface area contributed by atoms with E-state index in [4.69, 9.17) is 23.2 Å². The second kappa shape index (κ2) is 7.54. The van der Waals surface area contributed by atoms with E-state index in [1.165, 1.54) is 0 Å². The van der Waals surface area contributed by atoms with Gasteiger partial charge in [-0.1, -0.05) is 41.4 Å². The summed E-state index contributed by atoms with van der Waals surface area (Å²) in [7, 11) is 1.78. The molecule has 6 nitrogen and oxygen atoms in total. The number of hydrogen-bond donors (Lipinski definition) is 1. The average Bonchev–Trinajstić information content (AvgIpc) is 3.00. The molecule has 4 rings (SSSR count). The molecule has 1 aliphatic rings. The summed E-state index contributed by atoms with van der Waals surface area (Å²) in [5.41, 5.74) is 3.00. The van der Waals surface area contributed by atoms with E-state index in [-0.39, 0.29) is 21.6 Å². The number of amides is 3. The van der Waals surface area contributed by atoms with Gasteiger partial charge < -0.3 is 10.2 Å². The number of fused-ring (bicyclic) bond motifs is 1. The van der Waals surface area contributed by atoms with Crippen LogP contribution in [0.5, 0.6) is 0 Å². The van der Waals surface area contributed by atoms with Gasteiger partial charge in [-0.05, 0) is 30.7 Å². The summed E-state index contributed by atoms with van der Waals surface area (Å²) in [6.45, 7) is 3.17. The molecule has 0 unspecified atom stereocenters. The highest BCUT2D eigenvalue weighted by Crippen LogP contribution is 2.35. The number of anilines is 2. The van der Waals surface area contributed by atoms with Crippen molar-refractivity contribution in [3.05, 3.63) is 63.8 Å². The number of urea groups is 1. The standard InChI is InChI=1S/C21H18Cl2N4O2/c1-12-11-24-18-13(19(12)27-10-9-26(2)21(27)29)5-3-8-16(18)25-20(28)17-14(22)6-4-7-15(17)23/h3-8,11H,9-10H2,1-2H3,(H,25,28). The minimum Gasteiger partial charge on any atom is -0.326 e. The van der Waals surface area contributed by atoms with Crippen LogP contribution in [0, 0.1) is 6.92 Å². The lowest BCUT2D eigenvalue weighted by Crippen LogP contribution is -2.30. The summed E-state index contributed by atoms with van der Waals surface area (Å²) < 4.78 is 0. The molecule has 148 valence electrons. The predicted molar refractivity (Wildman–Crippen MR) is 116 cm³/mol. The van der Waals surface area contributed by atoms with E-state index >= 15 is 0 Å². The summed E-state index contributed by atoms with van der Waals surface area (Å²) in [6, 6.07) is 10.3. The number of nitrogens with one attached hydrogen (secondary N) is 1. The molecule has 1 aromatic heterocycles. The smallest absolute Gasteiger partial charge is 0.324 e. The summed E-state index contributed by atoms with van der Waals surface area (Å²) >= 11 is 12.3. The van der Waals surface area contributed by atoms with E-state index in [9.17, 15) is 9.59 Å². The summed E-state index contributed by atoms with van der Waals surface area (Å²) in [4.78, 5) is 33.3. The van der Waals surface area contributed by atoms with Gasteiger partial charge >= 0.3 is 6.03 Å². The molecule has 0 bridgehead atoms. The van der Waals surface area contributed by atoms with Crippen molar-refractivity contribution in [2.75, 3.05) is 30.4 Å². The maximum absolute atomic E-state index is 12.8. The van der Waals surface area contributed by atoms with Gasteiger partial charge in [0.2, 0.25) is 0 Å². The van der Waals surface area contributed by atoms with Gasteiger partial charge in [0.15, 0.2) is 0 Å². The van der Waals surface area contributed by atoms with Crippen molar-refractivity contribution in [3.8, 4) is 0 Å². The largest absolute Gasteiger partial charge is 0.326 e. The summed E-state index contributed by atoms with van der Waals surface area (Å²) in [5, 5.41) is 4.18. The van der Waals surface area contributed by atoms with Crippen LogP contribution in [0.1, 0.15) is 15.9 Å². The van der Waals surface area contributed by atoms with Crippen LogP contribution in [0.15, 0.2) is 42.6 Å². The van der Waals surface area contributed by atoms with E-state index in [1.54, 1.807) is 47.3 Å². The molecular formula is C21H18Cl2N4O2. The van der Waals surface area contributed by atoms with E-state index < -0.39 is 5.91 Å². The number of hydrogen-bond acceptors (Lipinski definition) is 3. The molecule has 1 N–H and O–H groups in total. The van der Waals surface area contributed by atoms with Gasteiger partial charge in [0.05, 0.1) is 32.5 Å². The van der Waals surface area contributed by atoms with Crippen LogP contribution in [-0.4, -0.2) is 42.0 Å². The molecule has 29 heavy (non-hydrogen) atoms. The molecule has 0 spiro atoms. The first kappa shape index (κ1) is 19.5. The van der Waals surface area contributed by atoms with Gasteiger partial charge in [-0.25, -0.2) is 4.79 Å². The van der Waals surface area contributed by atoms with Crippen molar-refractivity contribution >= 4 is 57.4 Å². The molecule has 0 radical (unpaired) electrons. The average molecular weight is 429 g/mol. The van der Waals surface area contributed by atoms with Gasteiger partial charge in [-0.3, -0.25) is 14.7 Å². The fourth-order valence-electron chi connectivity index (χ4n) is 3.52. The highest BCUT2D eigenvalue weighted by Gasteiger charge is 2.29. The minimum atomic E-state index is -0.422. The molecule has 1 aliphatic heterocycles. The second-order valence-electron chi connectivity index (χ2n) is 6.90. The molecule has 0 aliphatic carbocycles. The zero-order chi connectivity index (χ0) is 20.7. The van der Waals surface area contributed by atoms with Crippen molar-refractivity contribution < 1.29 is 9.59 Å². The van der Waals surface area contributed by atoms with Crippen molar-refractivity contribution in [1.29, 1.82) is 0 Å². The normalized spacial score (nSPS) is 14.0. The Balaban J connectivity index is 1.79. The molecule has 0 atom stereocenters. The lowest BCUT2D eigenvalue weighted by atomic mass is 10.1. The molecule has 8 heteroatoms. The fourth-order valence-corrected chi connectivity index (χ4v) is 4.09. The van der Waals surface area contributed by atoms with Crippen LogP contribution < -0.4 is 10.2 Å². The highest BCUT2D eigenvalue weighted by atomic mass is 35.5. The Hall–Kier alpha value is -2.83. The number of para-hydroxylation sites is 1.